The summed E-state index contributed by atoms with van der Waals surface area (Å²) in [5, 5.41) is 21.5. The Bertz CT molecular complexity index is 646. The third-order valence-electron chi connectivity index (χ3n) is 2.22. The third kappa shape index (κ3) is 4.68. The Hall–Kier alpha value is -3.34. The average Bonchev–Trinajstić information content (AvgIpc) is 2.45. The van der Waals surface area contributed by atoms with E-state index in [0.29, 0.717) is 12.2 Å². The lowest BCUT2D eigenvalue weighted by molar-refractivity contribution is -0.131. The van der Waals surface area contributed by atoms with Crippen LogP contribution in [0.2, 0.25) is 0 Å². The van der Waals surface area contributed by atoms with Crippen LogP contribution in [0.15, 0.2) is 30.4 Å². The lowest BCUT2D eigenvalue weighted by Crippen LogP contribution is -2.33. The topological polar surface area (TPSA) is 129 Å². The van der Waals surface area contributed by atoms with Gasteiger partial charge in [0.15, 0.2) is 0 Å². The molecule has 0 heterocycles. The molecule has 0 aromatic heterocycles. The van der Waals surface area contributed by atoms with Gasteiger partial charge in [-0.1, -0.05) is 6.07 Å². The highest BCUT2D eigenvalue weighted by molar-refractivity contribution is 6.07. The van der Waals surface area contributed by atoms with Gasteiger partial charge in [-0.3, -0.25) is 10.1 Å². The summed E-state index contributed by atoms with van der Waals surface area (Å²) < 4.78 is 5.00. The summed E-state index contributed by atoms with van der Waals surface area (Å²) >= 11 is 0. The van der Waals surface area contributed by atoms with Gasteiger partial charge in [0.05, 0.1) is 12.7 Å². The second-order valence-corrected chi connectivity index (χ2v) is 3.61. The molecule has 8 nitrogen and oxygen atoms in total. The molecule has 1 aromatic carbocycles. The number of amides is 3. The van der Waals surface area contributed by atoms with Crippen LogP contribution in [0.25, 0.3) is 0 Å². The van der Waals surface area contributed by atoms with Crippen LogP contribution in [0.4, 0.5) is 10.5 Å². The molecule has 0 aliphatic carbocycles. The van der Waals surface area contributed by atoms with Crippen LogP contribution in [-0.2, 0) is 9.59 Å². The summed E-state index contributed by atoms with van der Waals surface area (Å²) in [7, 11) is 1.36. The molecule has 1 rings (SSSR count). The molecular formula is C13H11N3O5. The van der Waals surface area contributed by atoms with E-state index >= 15 is 0 Å². The van der Waals surface area contributed by atoms with Crippen molar-refractivity contribution in [3.05, 3.63) is 35.9 Å². The van der Waals surface area contributed by atoms with Crippen LogP contribution < -0.4 is 15.4 Å². The molecule has 0 aliphatic heterocycles. The van der Waals surface area contributed by atoms with Crippen LogP contribution in [0, 0.1) is 11.3 Å². The zero-order chi connectivity index (χ0) is 15.8. The number of carbonyl (C=O) groups is 3. The summed E-state index contributed by atoms with van der Waals surface area (Å²) in [5.74, 6) is -1.98. The Morgan fingerprint density at radius 1 is 1.33 bits per heavy atom. The number of nitrogens with zero attached hydrogens (tertiary/aromatic N) is 1. The zero-order valence-electron chi connectivity index (χ0n) is 10.9. The van der Waals surface area contributed by atoms with Crippen molar-refractivity contribution in [3.8, 4) is 11.8 Å². The van der Waals surface area contributed by atoms with Crippen molar-refractivity contribution in [1.29, 1.82) is 5.26 Å². The largest absolute Gasteiger partial charge is 0.495 e. The number of ether oxygens (including phenoxy) is 1. The fraction of sp³-hybridized carbons (Fsp3) is 0.0769. The minimum absolute atomic E-state index is 0.106. The molecule has 0 saturated carbocycles. The number of nitriles is 1. The molecule has 21 heavy (non-hydrogen) atoms. The van der Waals surface area contributed by atoms with Crippen molar-refractivity contribution >= 4 is 23.6 Å². The smallest absolute Gasteiger partial charge is 0.328 e. The minimum Gasteiger partial charge on any atom is -0.495 e. The van der Waals surface area contributed by atoms with Gasteiger partial charge in [0.25, 0.3) is 5.91 Å². The van der Waals surface area contributed by atoms with E-state index in [2.05, 4.69) is 5.32 Å². The van der Waals surface area contributed by atoms with Crippen LogP contribution in [0.3, 0.4) is 0 Å². The van der Waals surface area contributed by atoms with E-state index in [1.807, 2.05) is 11.4 Å². The molecule has 0 unspecified atom stereocenters. The van der Waals surface area contributed by atoms with Gasteiger partial charge >= 0.3 is 12.0 Å². The van der Waals surface area contributed by atoms with E-state index in [0.717, 1.165) is 0 Å². The molecule has 108 valence electrons. The molecule has 3 N–H and O–H groups in total. The number of methoxy groups -OCH3 is 1. The molecule has 0 aliphatic rings. The Morgan fingerprint density at radius 3 is 2.62 bits per heavy atom. The molecule has 0 radical (unpaired) electrons. The minimum atomic E-state index is -1.32. The van der Waals surface area contributed by atoms with Gasteiger partial charge in [0.1, 0.15) is 17.5 Å². The molecular weight excluding hydrogens is 278 g/mol. The summed E-state index contributed by atoms with van der Waals surface area (Å²) in [6.07, 6.45) is 1.28. The van der Waals surface area contributed by atoms with Gasteiger partial charge in [0.2, 0.25) is 0 Å². The van der Waals surface area contributed by atoms with E-state index in [1.54, 1.807) is 6.07 Å². The number of benzene rings is 1. The van der Waals surface area contributed by atoms with Crippen molar-refractivity contribution in [2.75, 3.05) is 12.4 Å². The molecule has 0 spiro atoms. The summed E-state index contributed by atoms with van der Waals surface area (Å²) in [6.45, 7) is 0. The molecule has 0 fully saturated rings. The molecule has 3 amide bonds. The highest BCUT2D eigenvalue weighted by Gasteiger charge is 2.13. The normalized spacial score (nSPS) is 9.71. The molecule has 0 bridgehead atoms. The first-order chi connectivity index (χ1) is 9.97. The van der Waals surface area contributed by atoms with Gasteiger partial charge in [-0.2, -0.15) is 5.26 Å². The molecule has 1 aromatic rings. The van der Waals surface area contributed by atoms with Gasteiger partial charge in [-0.15, -0.1) is 0 Å². The predicted octanol–water partition coefficient (Wildman–Crippen LogP) is 0.856. The lowest BCUT2D eigenvalue weighted by Gasteiger charge is -2.11. The predicted molar refractivity (Wildman–Crippen MR) is 71.6 cm³/mol. The molecule has 0 saturated heterocycles. The van der Waals surface area contributed by atoms with Crippen molar-refractivity contribution in [1.82, 2.24) is 5.32 Å². The van der Waals surface area contributed by atoms with E-state index < -0.39 is 17.9 Å². The van der Waals surface area contributed by atoms with E-state index in [9.17, 15) is 14.4 Å². The quantitative estimate of drug-likeness (QED) is 0.705. The maximum atomic E-state index is 11.6. The number of rotatable bonds is 4. The fourth-order valence-corrected chi connectivity index (χ4v) is 1.37. The van der Waals surface area contributed by atoms with Gasteiger partial charge in [0, 0.05) is 12.2 Å². The van der Waals surface area contributed by atoms with Crippen LogP contribution in [0.5, 0.6) is 5.75 Å². The number of urea groups is 1. The number of nitrogens with one attached hydrogen (secondary N) is 2. The van der Waals surface area contributed by atoms with Crippen molar-refractivity contribution in [3.63, 3.8) is 0 Å². The van der Waals surface area contributed by atoms with Crippen LogP contribution in [-0.4, -0.2) is 30.1 Å². The fourth-order valence-electron chi connectivity index (χ4n) is 1.37. The second kappa shape index (κ2) is 7.30. The monoisotopic (exact) mass is 289 g/mol. The lowest BCUT2D eigenvalue weighted by atomic mass is 10.2. The number of hydrogen-bond acceptors (Lipinski definition) is 5. The number of carboxylic acids is 1. The number of aliphatic carboxylic acids is 1. The Balaban J connectivity index is 2.82. The standard InChI is InChI=1S/C13H11N3O5/c1-21-9-4-2-3-8(7-14)12(9)16-13(20)15-10(17)5-6-11(18)19/h2-6H,1H3,(H,18,19)(H2,15,16,17,20)/b6-5+. The second-order valence-electron chi connectivity index (χ2n) is 3.61. The van der Waals surface area contributed by atoms with Gasteiger partial charge in [-0.05, 0) is 12.1 Å². The van der Waals surface area contributed by atoms with E-state index in [4.69, 9.17) is 15.1 Å². The van der Waals surface area contributed by atoms with E-state index in [-0.39, 0.29) is 17.0 Å². The van der Waals surface area contributed by atoms with Gasteiger partial charge in [-0.25, -0.2) is 9.59 Å². The number of hydrogen-bond donors (Lipinski definition) is 3. The Labute approximate surface area is 119 Å². The first-order valence-corrected chi connectivity index (χ1v) is 5.58. The van der Waals surface area contributed by atoms with Gasteiger partial charge < -0.3 is 15.2 Å². The van der Waals surface area contributed by atoms with Crippen LogP contribution in [0.1, 0.15) is 5.56 Å². The Morgan fingerprint density at radius 2 is 2.05 bits per heavy atom. The SMILES string of the molecule is COc1cccc(C#N)c1NC(=O)NC(=O)/C=C/C(=O)O. The third-order valence-corrected chi connectivity index (χ3v) is 2.22. The summed E-state index contributed by atoms with van der Waals surface area (Å²) in [5.41, 5.74) is 0.257. The van der Waals surface area contributed by atoms with Crippen molar-refractivity contribution in [2.24, 2.45) is 0 Å². The Kier molecular flexibility index (Phi) is 5.46. The maximum Gasteiger partial charge on any atom is 0.328 e. The highest BCUT2D eigenvalue weighted by Crippen LogP contribution is 2.27. The highest BCUT2D eigenvalue weighted by atomic mass is 16.5. The first-order valence-electron chi connectivity index (χ1n) is 5.58. The van der Waals surface area contributed by atoms with Crippen LogP contribution >= 0.6 is 0 Å². The number of anilines is 1. The molecule has 0 atom stereocenters. The maximum absolute atomic E-state index is 11.6. The first kappa shape index (κ1) is 15.7. The number of carboxylic acid groups (broad SMARTS) is 1. The number of para-hydroxylation sites is 1. The number of carbonyl (C=O) groups excluding carboxylic acids is 2. The summed E-state index contributed by atoms with van der Waals surface area (Å²) in [6, 6.07) is 5.51. The average molecular weight is 289 g/mol. The molecule has 8 heteroatoms. The zero-order valence-corrected chi connectivity index (χ0v) is 10.9. The van der Waals surface area contributed by atoms with Crippen molar-refractivity contribution in [2.45, 2.75) is 0 Å². The van der Waals surface area contributed by atoms with E-state index in [1.165, 1.54) is 19.2 Å². The van der Waals surface area contributed by atoms with Crippen molar-refractivity contribution < 1.29 is 24.2 Å². The number of imide groups is 1. The summed E-state index contributed by atoms with van der Waals surface area (Å²) in [4.78, 5) is 33.1.